The number of ether oxygens (including phenoxy) is 1. The molecule has 104 valence electrons. The van der Waals surface area contributed by atoms with Crippen molar-refractivity contribution in [1.82, 2.24) is 0 Å². The second kappa shape index (κ2) is 6.52. The molecule has 0 unspecified atom stereocenters. The van der Waals surface area contributed by atoms with E-state index in [-0.39, 0.29) is 18.5 Å². The summed E-state index contributed by atoms with van der Waals surface area (Å²) in [7, 11) is 0. The lowest BCUT2D eigenvalue weighted by Crippen LogP contribution is -2.11. The van der Waals surface area contributed by atoms with Gasteiger partial charge in [-0.15, -0.1) is 0 Å². The highest BCUT2D eigenvalue weighted by molar-refractivity contribution is 5.76. The average Bonchev–Trinajstić information content (AvgIpc) is 2.33. The van der Waals surface area contributed by atoms with Crippen molar-refractivity contribution in [3.8, 4) is 0 Å². The molecule has 0 aliphatic heterocycles. The molecule has 0 aliphatic carbocycles. The molecular formula is C14H15F3O2. The van der Waals surface area contributed by atoms with Crippen LogP contribution in [0.4, 0.5) is 13.2 Å². The number of Topliss-reactive ketones (excluding diaryl/α,β-unsaturated/α-hetero) is 1. The van der Waals surface area contributed by atoms with Crippen molar-refractivity contribution in [1.29, 1.82) is 0 Å². The fraction of sp³-hybridized carbons (Fsp3) is 0.357. The molecule has 19 heavy (non-hydrogen) atoms. The Labute approximate surface area is 109 Å². The van der Waals surface area contributed by atoms with Crippen LogP contribution in [0.25, 0.3) is 6.08 Å². The van der Waals surface area contributed by atoms with Gasteiger partial charge < -0.3 is 4.74 Å². The van der Waals surface area contributed by atoms with E-state index in [1.807, 2.05) is 0 Å². The van der Waals surface area contributed by atoms with E-state index < -0.39 is 11.7 Å². The second-order valence-corrected chi connectivity index (χ2v) is 4.20. The molecule has 2 nitrogen and oxygen atoms in total. The Kier molecular flexibility index (Phi) is 5.30. The molecule has 5 heteroatoms. The number of halogens is 3. The number of alkyl halides is 3. The molecule has 0 amide bonds. The summed E-state index contributed by atoms with van der Waals surface area (Å²) < 4.78 is 42.2. The molecule has 0 heterocycles. The van der Waals surface area contributed by atoms with E-state index in [1.54, 1.807) is 19.1 Å². The van der Waals surface area contributed by atoms with Gasteiger partial charge in [-0.3, -0.25) is 4.79 Å². The Balaban J connectivity index is 2.60. The highest BCUT2D eigenvalue weighted by Crippen LogP contribution is 2.29. The topological polar surface area (TPSA) is 26.3 Å². The van der Waals surface area contributed by atoms with Gasteiger partial charge in [0.05, 0.1) is 11.7 Å². The average molecular weight is 272 g/mol. The Morgan fingerprint density at radius 3 is 2.37 bits per heavy atom. The fourth-order valence-corrected chi connectivity index (χ4v) is 1.33. The molecule has 0 N–H and O–H groups in total. The van der Waals surface area contributed by atoms with Gasteiger partial charge in [0, 0.05) is 0 Å². The van der Waals surface area contributed by atoms with Crippen LogP contribution in [-0.4, -0.2) is 18.5 Å². The highest BCUT2D eigenvalue weighted by atomic mass is 19.4. The largest absolute Gasteiger partial charge is 0.416 e. The molecule has 0 radical (unpaired) electrons. The van der Waals surface area contributed by atoms with Gasteiger partial charge in [-0.2, -0.15) is 13.2 Å². The quantitative estimate of drug-likeness (QED) is 0.816. The molecule has 1 rings (SSSR count). The molecule has 0 bridgehead atoms. The molecule has 0 saturated carbocycles. The highest BCUT2D eigenvalue weighted by Gasteiger charge is 2.29. The third-order valence-electron chi connectivity index (χ3n) is 2.35. The normalized spacial score (nSPS) is 13.7. The van der Waals surface area contributed by atoms with Crippen molar-refractivity contribution in [3.63, 3.8) is 0 Å². The van der Waals surface area contributed by atoms with Gasteiger partial charge in [0.2, 0.25) is 0 Å². The third kappa shape index (κ3) is 5.70. The van der Waals surface area contributed by atoms with Crippen LogP contribution < -0.4 is 0 Å². The van der Waals surface area contributed by atoms with Crippen molar-refractivity contribution in [2.45, 2.75) is 26.1 Å². The lowest BCUT2D eigenvalue weighted by Gasteiger charge is -2.07. The van der Waals surface area contributed by atoms with E-state index >= 15 is 0 Å². The summed E-state index contributed by atoms with van der Waals surface area (Å²) in [6, 6.07) is 4.83. The van der Waals surface area contributed by atoms with Gasteiger partial charge in [0.1, 0.15) is 6.61 Å². The zero-order valence-corrected chi connectivity index (χ0v) is 10.7. The first kappa shape index (κ1) is 15.4. The summed E-state index contributed by atoms with van der Waals surface area (Å²) in [6.45, 7) is 3.20. The maximum Gasteiger partial charge on any atom is 0.416 e. The predicted octanol–water partition coefficient (Wildman–Crippen LogP) is 3.71. The van der Waals surface area contributed by atoms with Crippen LogP contribution in [0.3, 0.4) is 0 Å². The van der Waals surface area contributed by atoms with Crippen molar-refractivity contribution in [3.05, 3.63) is 41.5 Å². The summed E-state index contributed by atoms with van der Waals surface area (Å²) in [5.74, 6) is -0.0743. The summed E-state index contributed by atoms with van der Waals surface area (Å²) in [5.41, 5.74) is -0.0307. The number of rotatable bonds is 5. The van der Waals surface area contributed by atoms with Crippen LogP contribution in [0.15, 0.2) is 30.3 Å². The second-order valence-electron chi connectivity index (χ2n) is 4.20. The monoisotopic (exact) mass is 272 g/mol. The number of hydrogen-bond acceptors (Lipinski definition) is 2. The van der Waals surface area contributed by atoms with E-state index in [4.69, 9.17) is 4.74 Å². The minimum atomic E-state index is -4.32. The van der Waals surface area contributed by atoms with Gasteiger partial charge in [-0.05, 0) is 31.5 Å². The standard InChI is InChI=1S/C14H15F3O2/c1-10(18)9-19-11(2)3-4-12-5-7-13(8-6-12)14(15,16)17/h3-8,11H,9H2,1-2H3/b4-3+/t11-/m1/s1. The van der Waals surface area contributed by atoms with Gasteiger partial charge >= 0.3 is 6.18 Å². The van der Waals surface area contributed by atoms with E-state index in [0.29, 0.717) is 5.56 Å². The van der Waals surface area contributed by atoms with E-state index in [1.165, 1.54) is 19.1 Å². The number of hydrogen-bond donors (Lipinski definition) is 0. The third-order valence-corrected chi connectivity index (χ3v) is 2.35. The summed E-state index contributed by atoms with van der Waals surface area (Å²) in [5, 5.41) is 0. The lowest BCUT2D eigenvalue weighted by molar-refractivity contribution is -0.137. The zero-order chi connectivity index (χ0) is 14.5. The van der Waals surface area contributed by atoms with Crippen molar-refractivity contribution >= 4 is 11.9 Å². The molecule has 1 aromatic carbocycles. The number of carbonyl (C=O) groups excluding carboxylic acids is 1. The lowest BCUT2D eigenvalue weighted by atomic mass is 10.1. The van der Waals surface area contributed by atoms with E-state index in [2.05, 4.69) is 0 Å². The molecule has 0 fully saturated rings. The molecule has 1 aromatic rings. The van der Waals surface area contributed by atoms with Crippen molar-refractivity contribution < 1.29 is 22.7 Å². The van der Waals surface area contributed by atoms with Crippen molar-refractivity contribution in [2.75, 3.05) is 6.61 Å². The fourth-order valence-electron chi connectivity index (χ4n) is 1.33. The molecule has 1 atom stereocenters. The Hall–Kier alpha value is -1.62. The minimum Gasteiger partial charge on any atom is -0.367 e. The molecule has 0 saturated heterocycles. The first-order valence-corrected chi connectivity index (χ1v) is 5.75. The van der Waals surface area contributed by atoms with Crippen LogP contribution in [0.2, 0.25) is 0 Å². The van der Waals surface area contributed by atoms with Gasteiger partial charge in [-0.1, -0.05) is 24.3 Å². The van der Waals surface area contributed by atoms with E-state index in [0.717, 1.165) is 12.1 Å². The van der Waals surface area contributed by atoms with Crippen LogP contribution in [0.5, 0.6) is 0 Å². The smallest absolute Gasteiger partial charge is 0.367 e. The van der Waals surface area contributed by atoms with Crippen LogP contribution >= 0.6 is 0 Å². The number of carbonyl (C=O) groups is 1. The number of benzene rings is 1. The van der Waals surface area contributed by atoms with E-state index in [9.17, 15) is 18.0 Å². The summed E-state index contributed by atoms with van der Waals surface area (Å²) in [4.78, 5) is 10.7. The SMILES string of the molecule is CC(=O)CO[C@H](C)/C=C/c1ccc(C(F)(F)F)cc1. The molecule has 0 aliphatic rings. The zero-order valence-electron chi connectivity index (χ0n) is 10.7. The Bertz CT molecular complexity index is 447. The first-order valence-electron chi connectivity index (χ1n) is 5.75. The Morgan fingerprint density at radius 1 is 1.32 bits per heavy atom. The maximum atomic E-state index is 12.3. The van der Waals surface area contributed by atoms with Crippen LogP contribution in [-0.2, 0) is 15.7 Å². The number of ketones is 1. The van der Waals surface area contributed by atoms with Gasteiger partial charge in [0.15, 0.2) is 5.78 Å². The maximum absolute atomic E-state index is 12.3. The van der Waals surface area contributed by atoms with Crippen LogP contribution in [0.1, 0.15) is 25.0 Å². The predicted molar refractivity (Wildman–Crippen MR) is 66.6 cm³/mol. The first-order chi connectivity index (χ1) is 8.79. The summed E-state index contributed by atoms with van der Waals surface area (Å²) >= 11 is 0. The van der Waals surface area contributed by atoms with Gasteiger partial charge in [0.25, 0.3) is 0 Å². The molecular weight excluding hydrogens is 257 g/mol. The van der Waals surface area contributed by atoms with Crippen molar-refractivity contribution in [2.24, 2.45) is 0 Å². The minimum absolute atomic E-state index is 0.0263. The molecule has 0 aromatic heterocycles. The molecule has 0 spiro atoms. The van der Waals surface area contributed by atoms with Gasteiger partial charge in [-0.25, -0.2) is 0 Å². The summed E-state index contributed by atoms with van der Waals surface area (Å²) in [6.07, 6.45) is -1.25. The van der Waals surface area contributed by atoms with Crippen LogP contribution in [0, 0.1) is 0 Å². The Morgan fingerprint density at radius 2 is 1.89 bits per heavy atom.